The summed E-state index contributed by atoms with van der Waals surface area (Å²) in [5, 5.41) is 13.7. The first-order chi connectivity index (χ1) is 14.2. The van der Waals surface area contributed by atoms with Gasteiger partial charge in [-0.25, -0.2) is 8.42 Å². The SMILES string of the molecule is Cc1ccc(S(=O)(=O)N2CCCCCC2)cc1C(=O)Nc1cc([N+](=O)[O-])ccc1Cl. The molecule has 1 heterocycles. The maximum absolute atomic E-state index is 13.1. The Balaban J connectivity index is 1.91. The first-order valence-electron chi connectivity index (χ1n) is 9.56. The van der Waals surface area contributed by atoms with Crippen molar-refractivity contribution in [1.29, 1.82) is 0 Å². The van der Waals surface area contributed by atoms with Gasteiger partial charge in [0.25, 0.3) is 11.6 Å². The largest absolute Gasteiger partial charge is 0.320 e. The van der Waals surface area contributed by atoms with Gasteiger partial charge in [0.05, 0.1) is 20.5 Å². The molecule has 2 aromatic carbocycles. The lowest BCUT2D eigenvalue weighted by molar-refractivity contribution is -0.384. The van der Waals surface area contributed by atoms with Crippen molar-refractivity contribution in [3.8, 4) is 0 Å². The van der Waals surface area contributed by atoms with Crippen LogP contribution in [-0.4, -0.2) is 36.6 Å². The van der Waals surface area contributed by atoms with Gasteiger partial charge in [0.2, 0.25) is 10.0 Å². The lowest BCUT2D eigenvalue weighted by Crippen LogP contribution is -2.32. The number of nitro groups is 1. The van der Waals surface area contributed by atoms with Gasteiger partial charge in [-0.15, -0.1) is 0 Å². The van der Waals surface area contributed by atoms with Gasteiger partial charge in [-0.3, -0.25) is 14.9 Å². The Labute approximate surface area is 180 Å². The number of carbonyl (C=O) groups excluding carboxylic acids is 1. The average Bonchev–Trinajstić information content (AvgIpc) is 2.99. The molecule has 160 valence electrons. The normalized spacial score (nSPS) is 15.4. The molecule has 1 aliphatic heterocycles. The van der Waals surface area contributed by atoms with Crippen LogP contribution in [0.3, 0.4) is 0 Å². The number of amides is 1. The second-order valence-electron chi connectivity index (χ2n) is 7.17. The zero-order chi connectivity index (χ0) is 21.9. The number of nitrogens with one attached hydrogen (secondary N) is 1. The van der Waals surface area contributed by atoms with Gasteiger partial charge in [-0.05, 0) is 43.5 Å². The van der Waals surface area contributed by atoms with Crippen LogP contribution in [0.15, 0.2) is 41.3 Å². The minimum absolute atomic E-state index is 0.0466. The maximum Gasteiger partial charge on any atom is 0.271 e. The van der Waals surface area contributed by atoms with Crippen molar-refractivity contribution in [2.45, 2.75) is 37.5 Å². The van der Waals surface area contributed by atoms with Gasteiger partial charge >= 0.3 is 0 Å². The fourth-order valence-corrected chi connectivity index (χ4v) is 5.06. The van der Waals surface area contributed by atoms with E-state index in [9.17, 15) is 23.3 Å². The highest BCUT2D eigenvalue weighted by Crippen LogP contribution is 2.28. The number of halogens is 1. The molecule has 2 aromatic rings. The first-order valence-corrected chi connectivity index (χ1v) is 11.4. The number of anilines is 1. The number of non-ortho nitro benzene ring substituents is 1. The molecule has 8 nitrogen and oxygen atoms in total. The molecule has 0 saturated carbocycles. The summed E-state index contributed by atoms with van der Waals surface area (Å²) >= 11 is 6.05. The molecule has 1 aliphatic rings. The standard InChI is InChI=1S/C20H22ClN3O5S/c1-14-6-8-16(30(28,29)23-10-4-2-3-5-11-23)13-17(14)20(25)22-19-12-15(24(26)27)7-9-18(19)21/h6-9,12-13H,2-5,10-11H2,1H3,(H,22,25). The van der Waals surface area contributed by atoms with E-state index >= 15 is 0 Å². The fraction of sp³-hybridized carbons (Fsp3) is 0.350. The number of rotatable bonds is 5. The molecule has 3 rings (SSSR count). The Morgan fingerprint density at radius 2 is 1.77 bits per heavy atom. The molecule has 0 unspecified atom stereocenters. The van der Waals surface area contributed by atoms with Crippen molar-refractivity contribution in [3.63, 3.8) is 0 Å². The average molecular weight is 452 g/mol. The van der Waals surface area contributed by atoms with E-state index in [0.717, 1.165) is 31.7 Å². The van der Waals surface area contributed by atoms with Crippen LogP contribution in [0.25, 0.3) is 0 Å². The minimum atomic E-state index is -3.72. The van der Waals surface area contributed by atoms with Gasteiger partial charge in [-0.2, -0.15) is 4.31 Å². The second-order valence-corrected chi connectivity index (χ2v) is 9.52. The number of sulfonamides is 1. The van der Waals surface area contributed by atoms with E-state index in [4.69, 9.17) is 11.6 Å². The highest BCUT2D eigenvalue weighted by molar-refractivity contribution is 7.89. The summed E-state index contributed by atoms with van der Waals surface area (Å²) in [6, 6.07) is 8.13. The van der Waals surface area contributed by atoms with E-state index in [2.05, 4.69) is 5.32 Å². The molecule has 30 heavy (non-hydrogen) atoms. The summed E-state index contributed by atoms with van der Waals surface area (Å²) in [5.41, 5.74) is 0.595. The predicted molar refractivity (Wildman–Crippen MR) is 114 cm³/mol. The third-order valence-corrected chi connectivity index (χ3v) is 7.29. The zero-order valence-electron chi connectivity index (χ0n) is 16.4. The minimum Gasteiger partial charge on any atom is -0.320 e. The monoisotopic (exact) mass is 451 g/mol. The molecule has 1 saturated heterocycles. The van der Waals surface area contributed by atoms with Crippen molar-refractivity contribution >= 4 is 38.9 Å². The van der Waals surface area contributed by atoms with Gasteiger partial charge in [0, 0.05) is 30.8 Å². The highest BCUT2D eigenvalue weighted by atomic mass is 35.5. The molecule has 1 N–H and O–H groups in total. The molecule has 10 heteroatoms. The number of benzene rings is 2. The second kappa shape index (κ2) is 9.11. The Kier molecular flexibility index (Phi) is 6.74. The van der Waals surface area contributed by atoms with E-state index in [1.807, 2.05) is 0 Å². The Hall–Kier alpha value is -2.49. The van der Waals surface area contributed by atoms with E-state index in [1.165, 1.54) is 28.6 Å². The van der Waals surface area contributed by atoms with Crippen molar-refractivity contribution in [1.82, 2.24) is 4.31 Å². The Morgan fingerprint density at radius 3 is 2.40 bits per heavy atom. The molecule has 1 fully saturated rings. The van der Waals surface area contributed by atoms with Gasteiger partial charge < -0.3 is 5.32 Å². The lowest BCUT2D eigenvalue weighted by Gasteiger charge is -2.20. The van der Waals surface area contributed by atoms with Crippen LogP contribution >= 0.6 is 11.6 Å². The lowest BCUT2D eigenvalue weighted by atomic mass is 10.1. The number of nitro benzene ring substituents is 1. The quantitative estimate of drug-likeness (QED) is 0.536. The van der Waals surface area contributed by atoms with Crippen molar-refractivity contribution in [3.05, 3.63) is 62.7 Å². The van der Waals surface area contributed by atoms with Crippen LogP contribution < -0.4 is 5.32 Å². The molecule has 0 aliphatic carbocycles. The molecular weight excluding hydrogens is 430 g/mol. The summed E-state index contributed by atoms with van der Waals surface area (Å²) in [6.07, 6.45) is 3.61. The molecule has 0 bridgehead atoms. The molecule has 0 atom stereocenters. The van der Waals surface area contributed by atoms with Crippen molar-refractivity contribution in [2.75, 3.05) is 18.4 Å². The van der Waals surface area contributed by atoms with E-state index in [-0.39, 0.29) is 26.9 Å². The van der Waals surface area contributed by atoms with Crippen LogP contribution in [0, 0.1) is 17.0 Å². The topological polar surface area (TPSA) is 110 Å². The summed E-state index contributed by atoms with van der Waals surface area (Å²) in [6.45, 7) is 2.61. The van der Waals surface area contributed by atoms with Crippen LogP contribution in [0.5, 0.6) is 0 Å². The summed E-state index contributed by atoms with van der Waals surface area (Å²) in [7, 11) is -3.72. The molecule has 0 aromatic heterocycles. The maximum atomic E-state index is 13.1. The number of hydrogen-bond acceptors (Lipinski definition) is 5. The van der Waals surface area contributed by atoms with Crippen LogP contribution in [0.2, 0.25) is 5.02 Å². The molecule has 0 radical (unpaired) electrons. The van der Waals surface area contributed by atoms with Gasteiger partial charge in [0.15, 0.2) is 0 Å². The smallest absolute Gasteiger partial charge is 0.271 e. The highest BCUT2D eigenvalue weighted by Gasteiger charge is 2.26. The van der Waals surface area contributed by atoms with Gasteiger partial charge in [0.1, 0.15) is 0 Å². The van der Waals surface area contributed by atoms with Crippen LogP contribution in [0.1, 0.15) is 41.6 Å². The zero-order valence-corrected chi connectivity index (χ0v) is 18.0. The third-order valence-electron chi connectivity index (χ3n) is 5.07. The number of hydrogen-bond donors (Lipinski definition) is 1. The van der Waals surface area contributed by atoms with Gasteiger partial charge in [-0.1, -0.05) is 30.5 Å². The molecular formula is C20H22ClN3O5S. The van der Waals surface area contributed by atoms with E-state index in [0.29, 0.717) is 18.7 Å². The first kappa shape index (κ1) is 22.2. The molecule has 0 spiro atoms. The fourth-order valence-electron chi connectivity index (χ4n) is 3.35. The molecule has 1 amide bonds. The van der Waals surface area contributed by atoms with Crippen LogP contribution in [-0.2, 0) is 10.0 Å². The van der Waals surface area contributed by atoms with E-state index < -0.39 is 20.9 Å². The third kappa shape index (κ3) is 4.80. The number of nitrogens with zero attached hydrogens (tertiary/aromatic N) is 2. The summed E-state index contributed by atoms with van der Waals surface area (Å²) in [5.74, 6) is -0.595. The Bertz CT molecular complexity index is 1080. The predicted octanol–water partition coefficient (Wildman–Crippen LogP) is 4.37. The van der Waals surface area contributed by atoms with Crippen molar-refractivity contribution in [2.24, 2.45) is 0 Å². The van der Waals surface area contributed by atoms with Crippen molar-refractivity contribution < 1.29 is 18.1 Å². The van der Waals surface area contributed by atoms with E-state index in [1.54, 1.807) is 13.0 Å². The van der Waals surface area contributed by atoms with Crippen LogP contribution in [0.4, 0.5) is 11.4 Å². The number of carbonyl (C=O) groups is 1. The summed E-state index contributed by atoms with van der Waals surface area (Å²) < 4.78 is 27.6. The number of aryl methyl sites for hydroxylation is 1. The summed E-state index contributed by atoms with van der Waals surface area (Å²) in [4.78, 5) is 23.3. The Morgan fingerprint density at radius 1 is 1.10 bits per heavy atom.